The summed E-state index contributed by atoms with van der Waals surface area (Å²) in [5.74, 6) is 4.15. The first-order chi connectivity index (χ1) is 6.43. The zero-order chi connectivity index (χ0) is 8.67. The average Bonchev–Trinajstić information content (AvgIpc) is 2.78. The highest BCUT2D eigenvalue weighted by Crippen LogP contribution is 2.43. The second-order valence-electron chi connectivity index (χ2n) is 5.16. The lowest BCUT2D eigenvalue weighted by Gasteiger charge is -2.17. The molecular weight excluding hydrogens is 160 g/mol. The van der Waals surface area contributed by atoms with Crippen molar-refractivity contribution in [1.29, 1.82) is 0 Å². The zero-order valence-electron chi connectivity index (χ0n) is 8.26. The topological polar surface area (TPSA) is 24.1 Å². The van der Waals surface area contributed by atoms with Gasteiger partial charge in [0, 0.05) is 0 Å². The summed E-state index contributed by atoms with van der Waals surface area (Å²) in [5, 5.41) is 7.02. The van der Waals surface area contributed by atoms with Gasteiger partial charge in [0.05, 0.1) is 0 Å². The Balaban J connectivity index is 1.62. The van der Waals surface area contributed by atoms with Crippen molar-refractivity contribution in [1.82, 2.24) is 10.6 Å². The van der Waals surface area contributed by atoms with Gasteiger partial charge in [-0.1, -0.05) is 0 Å². The van der Waals surface area contributed by atoms with Gasteiger partial charge >= 0.3 is 0 Å². The van der Waals surface area contributed by atoms with Crippen LogP contribution in [0.2, 0.25) is 0 Å². The lowest BCUT2D eigenvalue weighted by atomic mass is 9.89. The van der Waals surface area contributed by atoms with Gasteiger partial charge in [0.2, 0.25) is 0 Å². The van der Waals surface area contributed by atoms with Gasteiger partial charge in [-0.15, -0.1) is 0 Å². The van der Waals surface area contributed by atoms with E-state index < -0.39 is 0 Å². The molecule has 3 aliphatic rings. The van der Waals surface area contributed by atoms with Gasteiger partial charge in [-0.25, -0.2) is 0 Å². The summed E-state index contributed by atoms with van der Waals surface area (Å²) in [6, 6.07) is 0. The molecule has 1 aliphatic carbocycles. The molecule has 0 aromatic heterocycles. The van der Waals surface area contributed by atoms with Gasteiger partial charge in [0.1, 0.15) is 0 Å². The van der Waals surface area contributed by atoms with Crippen molar-refractivity contribution in [3.05, 3.63) is 0 Å². The molecule has 0 spiro atoms. The van der Waals surface area contributed by atoms with E-state index >= 15 is 0 Å². The monoisotopic (exact) mass is 180 g/mol. The van der Waals surface area contributed by atoms with Crippen molar-refractivity contribution in [2.45, 2.75) is 19.3 Å². The van der Waals surface area contributed by atoms with Gasteiger partial charge in [-0.05, 0) is 69.1 Å². The van der Waals surface area contributed by atoms with Crippen LogP contribution in [-0.4, -0.2) is 26.2 Å². The summed E-state index contributed by atoms with van der Waals surface area (Å²) >= 11 is 0. The summed E-state index contributed by atoms with van der Waals surface area (Å²) in [4.78, 5) is 0. The van der Waals surface area contributed by atoms with Crippen molar-refractivity contribution in [3.63, 3.8) is 0 Å². The first-order valence-corrected chi connectivity index (χ1v) is 5.85. The fourth-order valence-corrected chi connectivity index (χ4v) is 3.68. The molecule has 13 heavy (non-hydrogen) atoms. The third-order valence-electron chi connectivity index (χ3n) is 4.46. The van der Waals surface area contributed by atoms with Crippen LogP contribution in [0.3, 0.4) is 0 Å². The van der Waals surface area contributed by atoms with E-state index in [1.54, 1.807) is 0 Å². The minimum atomic E-state index is 1.02. The predicted molar refractivity (Wildman–Crippen MR) is 53.6 cm³/mol. The maximum atomic E-state index is 3.52. The second-order valence-corrected chi connectivity index (χ2v) is 5.16. The van der Waals surface area contributed by atoms with Crippen LogP contribution in [0.4, 0.5) is 0 Å². The highest BCUT2D eigenvalue weighted by Gasteiger charge is 2.40. The molecule has 3 unspecified atom stereocenters. The SMILES string of the molecule is C1CC(C2CC3CNCC3C2)CN1. The Morgan fingerprint density at radius 3 is 2.00 bits per heavy atom. The van der Waals surface area contributed by atoms with Crippen LogP contribution in [0.15, 0.2) is 0 Å². The summed E-state index contributed by atoms with van der Waals surface area (Å²) < 4.78 is 0. The minimum Gasteiger partial charge on any atom is -0.316 e. The first-order valence-electron chi connectivity index (χ1n) is 5.85. The quantitative estimate of drug-likeness (QED) is 0.625. The van der Waals surface area contributed by atoms with Crippen LogP contribution >= 0.6 is 0 Å². The molecule has 2 heteroatoms. The van der Waals surface area contributed by atoms with E-state index in [0.29, 0.717) is 0 Å². The van der Waals surface area contributed by atoms with Crippen LogP contribution in [0.25, 0.3) is 0 Å². The number of hydrogen-bond donors (Lipinski definition) is 2. The summed E-state index contributed by atoms with van der Waals surface area (Å²) in [7, 11) is 0. The van der Waals surface area contributed by atoms with Crippen LogP contribution < -0.4 is 10.6 Å². The lowest BCUT2D eigenvalue weighted by molar-refractivity contribution is 0.343. The molecule has 3 atom stereocenters. The first kappa shape index (κ1) is 8.25. The smallest absolute Gasteiger partial charge is 0.00172 e. The Hall–Kier alpha value is -0.0800. The fourth-order valence-electron chi connectivity index (χ4n) is 3.68. The maximum Gasteiger partial charge on any atom is -0.00172 e. The van der Waals surface area contributed by atoms with Crippen molar-refractivity contribution < 1.29 is 0 Å². The summed E-state index contributed by atoms with van der Waals surface area (Å²) in [5.41, 5.74) is 0. The molecule has 3 fully saturated rings. The van der Waals surface area contributed by atoms with Crippen LogP contribution in [-0.2, 0) is 0 Å². The van der Waals surface area contributed by atoms with Gasteiger partial charge in [0.25, 0.3) is 0 Å². The molecule has 2 nitrogen and oxygen atoms in total. The molecule has 74 valence electrons. The highest BCUT2D eigenvalue weighted by molar-refractivity contribution is 4.94. The molecule has 2 heterocycles. The number of rotatable bonds is 1. The van der Waals surface area contributed by atoms with Crippen LogP contribution in [0.5, 0.6) is 0 Å². The molecule has 0 amide bonds. The van der Waals surface area contributed by atoms with Crippen LogP contribution in [0.1, 0.15) is 19.3 Å². The third kappa shape index (κ3) is 1.40. The van der Waals surface area contributed by atoms with E-state index in [9.17, 15) is 0 Å². The van der Waals surface area contributed by atoms with E-state index in [-0.39, 0.29) is 0 Å². The second kappa shape index (κ2) is 3.25. The van der Waals surface area contributed by atoms with Crippen LogP contribution in [0, 0.1) is 23.7 Å². The summed E-state index contributed by atoms with van der Waals surface area (Å²) in [6.45, 7) is 5.19. The Morgan fingerprint density at radius 2 is 1.38 bits per heavy atom. The third-order valence-corrected chi connectivity index (χ3v) is 4.46. The van der Waals surface area contributed by atoms with Crippen molar-refractivity contribution >= 4 is 0 Å². The number of fused-ring (bicyclic) bond motifs is 1. The Kier molecular flexibility index (Phi) is 2.06. The molecule has 2 N–H and O–H groups in total. The molecule has 2 saturated heterocycles. The Morgan fingerprint density at radius 1 is 0.692 bits per heavy atom. The molecule has 0 aromatic carbocycles. The molecule has 0 aromatic rings. The van der Waals surface area contributed by atoms with Gasteiger partial charge in [-0.2, -0.15) is 0 Å². The van der Waals surface area contributed by atoms with Gasteiger partial charge in [0.15, 0.2) is 0 Å². The van der Waals surface area contributed by atoms with E-state index in [1.807, 2.05) is 0 Å². The minimum absolute atomic E-state index is 1.02. The van der Waals surface area contributed by atoms with E-state index in [2.05, 4.69) is 10.6 Å². The lowest BCUT2D eigenvalue weighted by Crippen LogP contribution is -2.19. The predicted octanol–water partition coefficient (Wildman–Crippen LogP) is 0.841. The van der Waals surface area contributed by atoms with E-state index in [1.165, 1.54) is 45.4 Å². The maximum absolute atomic E-state index is 3.52. The van der Waals surface area contributed by atoms with E-state index in [0.717, 1.165) is 23.7 Å². The highest BCUT2D eigenvalue weighted by atomic mass is 14.9. The largest absolute Gasteiger partial charge is 0.316 e. The molecule has 0 radical (unpaired) electrons. The van der Waals surface area contributed by atoms with Crippen molar-refractivity contribution in [3.8, 4) is 0 Å². The van der Waals surface area contributed by atoms with Gasteiger partial charge < -0.3 is 10.6 Å². The van der Waals surface area contributed by atoms with Crippen molar-refractivity contribution in [2.24, 2.45) is 23.7 Å². The van der Waals surface area contributed by atoms with E-state index in [4.69, 9.17) is 0 Å². The average molecular weight is 180 g/mol. The molecule has 2 aliphatic heterocycles. The number of nitrogens with one attached hydrogen (secondary N) is 2. The standard InChI is InChI=1S/C11H20N2/c1-2-12-5-8(1)9-3-10-6-13-7-11(10)4-9/h8-13H,1-7H2. The summed E-state index contributed by atoms with van der Waals surface area (Å²) in [6.07, 6.45) is 4.48. The van der Waals surface area contributed by atoms with Gasteiger partial charge in [-0.3, -0.25) is 0 Å². The fraction of sp³-hybridized carbons (Fsp3) is 1.00. The Labute approximate surface area is 80.5 Å². The molecule has 0 bridgehead atoms. The zero-order valence-corrected chi connectivity index (χ0v) is 8.26. The molecular formula is C11H20N2. The van der Waals surface area contributed by atoms with Crippen molar-refractivity contribution in [2.75, 3.05) is 26.2 Å². The number of hydrogen-bond acceptors (Lipinski definition) is 2. The molecule has 3 rings (SSSR count). The molecule has 1 saturated carbocycles. The Bertz CT molecular complexity index is 175. The normalized spacial score (nSPS) is 49.8.